The third kappa shape index (κ3) is 6.70. The Labute approximate surface area is 219 Å². The molecule has 0 spiro atoms. The van der Waals surface area contributed by atoms with Gasteiger partial charge < -0.3 is 9.64 Å². The van der Waals surface area contributed by atoms with Crippen molar-refractivity contribution in [1.82, 2.24) is 19.6 Å². The van der Waals surface area contributed by atoms with Gasteiger partial charge in [0.25, 0.3) is 5.91 Å². The normalized spacial score (nSPS) is 16.9. The molecule has 1 atom stereocenters. The first-order valence-corrected chi connectivity index (χ1v) is 11.9. The Kier molecular flexibility index (Phi) is 7.92. The van der Waals surface area contributed by atoms with Crippen molar-refractivity contribution in [1.29, 1.82) is 0 Å². The SMILES string of the molecule is COc1cc(C[C@@H]2CN(Cc3cnn(C)c3)CCN2C(=O)c2cc(C(F)(F)F)cc(C(F)(F)F)c2)ccc1F. The summed E-state index contributed by atoms with van der Waals surface area (Å²) >= 11 is 0. The summed E-state index contributed by atoms with van der Waals surface area (Å²) in [6.45, 7) is 1.13. The molecule has 0 N–H and O–H groups in total. The zero-order chi connectivity index (χ0) is 28.5. The Balaban J connectivity index is 1.67. The predicted molar refractivity (Wildman–Crippen MR) is 126 cm³/mol. The van der Waals surface area contributed by atoms with Crippen LogP contribution in [0.5, 0.6) is 5.75 Å². The molecule has 1 fully saturated rings. The highest BCUT2D eigenvalue weighted by molar-refractivity contribution is 5.95. The number of benzene rings is 2. The van der Waals surface area contributed by atoms with Gasteiger partial charge in [-0.1, -0.05) is 6.07 Å². The molecule has 210 valence electrons. The topological polar surface area (TPSA) is 50.6 Å². The molecule has 0 unspecified atom stereocenters. The van der Waals surface area contributed by atoms with Gasteiger partial charge in [0.05, 0.1) is 24.4 Å². The van der Waals surface area contributed by atoms with Crippen molar-refractivity contribution >= 4 is 5.91 Å². The van der Waals surface area contributed by atoms with Crippen LogP contribution in [0, 0.1) is 5.82 Å². The molecule has 2 heterocycles. The number of carbonyl (C=O) groups is 1. The number of aromatic nitrogens is 2. The minimum Gasteiger partial charge on any atom is -0.494 e. The molecule has 1 aliphatic heterocycles. The number of hydrogen-bond acceptors (Lipinski definition) is 4. The summed E-state index contributed by atoms with van der Waals surface area (Å²) in [5.74, 6) is -1.58. The molecule has 0 radical (unpaired) electrons. The van der Waals surface area contributed by atoms with E-state index < -0.39 is 46.8 Å². The molecule has 1 saturated heterocycles. The lowest BCUT2D eigenvalue weighted by atomic mass is 9.98. The number of alkyl halides is 6. The van der Waals surface area contributed by atoms with Crippen LogP contribution in [0.3, 0.4) is 0 Å². The van der Waals surface area contributed by atoms with Crippen LogP contribution in [0.2, 0.25) is 0 Å². The maximum absolute atomic E-state index is 14.0. The largest absolute Gasteiger partial charge is 0.494 e. The highest BCUT2D eigenvalue weighted by Crippen LogP contribution is 2.37. The zero-order valence-corrected chi connectivity index (χ0v) is 21.0. The van der Waals surface area contributed by atoms with Crippen LogP contribution < -0.4 is 4.74 Å². The van der Waals surface area contributed by atoms with E-state index in [1.165, 1.54) is 30.2 Å². The lowest BCUT2D eigenvalue weighted by Crippen LogP contribution is -2.55. The lowest BCUT2D eigenvalue weighted by molar-refractivity contribution is -0.143. The number of halogens is 7. The second kappa shape index (κ2) is 10.9. The number of methoxy groups -OCH3 is 1. The fourth-order valence-corrected chi connectivity index (χ4v) is 4.66. The van der Waals surface area contributed by atoms with E-state index in [9.17, 15) is 35.5 Å². The van der Waals surface area contributed by atoms with Crippen molar-refractivity contribution in [3.05, 3.63) is 82.4 Å². The van der Waals surface area contributed by atoms with Crippen LogP contribution in [0.4, 0.5) is 30.7 Å². The summed E-state index contributed by atoms with van der Waals surface area (Å²) in [6, 6.07) is 4.37. The van der Waals surface area contributed by atoms with E-state index >= 15 is 0 Å². The smallest absolute Gasteiger partial charge is 0.416 e. The monoisotopic (exact) mass is 558 g/mol. The van der Waals surface area contributed by atoms with Gasteiger partial charge in [-0.15, -0.1) is 0 Å². The molecule has 4 rings (SSSR count). The molecule has 3 aromatic rings. The third-order valence-electron chi connectivity index (χ3n) is 6.51. The average molecular weight is 558 g/mol. The van der Waals surface area contributed by atoms with Gasteiger partial charge in [0.15, 0.2) is 11.6 Å². The summed E-state index contributed by atoms with van der Waals surface area (Å²) in [4.78, 5) is 16.8. The molecular formula is C26H25F7N4O2. The van der Waals surface area contributed by atoms with Crippen LogP contribution >= 0.6 is 0 Å². The van der Waals surface area contributed by atoms with Gasteiger partial charge in [-0.05, 0) is 42.3 Å². The van der Waals surface area contributed by atoms with Crippen LogP contribution in [0.1, 0.15) is 32.6 Å². The molecule has 0 aliphatic carbocycles. The predicted octanol–water partition coefficient (Wildman–Crippen LogP) is 5.17. The minimum atomic E-state index is -5.08. The van der Waals surface area contributed by atoms with E-state index in [1.807, 2.05) is 11.1 Å². The van der Waals surface area contributed by atoms with Crippen molar-refractivity contribution in [2.75, 3.05) is 26.7 Å². The number of rotatable bonds is 6. The first kappa shape index (κ1) is 28.4. The number of carbonyl (C=O) groups excluding carboxylic acids is 1. The second-order valence-corrected chi connectivity index (χ2v) is 9.38. The number of aryl methyl sites for hydroxylation is 1. The van der Waals surface area contributed by atoms with Gasteiger partial charge in [0.1, 0.15) is 0 Å². The van der Waals surface area contributed by atoms with Gasteiger partial charge in [0, 0.05) is 56.6 Å². The van der Waals surface area contributed by atoms with Crippen LogP contribution in [0.15, 0.2) is 48.8 Å². The Morgan fingerprint density at radius 2 is 1.67 bits per heavy atom. The summed E-state index contributed by atoms with van der Waals surface area (Å²) < 4.78 is 101. The van der Waals surface area contributed by atoms with Crippen LogP contribution in [-0.2, 0) is 32.4 Å². The van der Waals surface area contributed by atoms with Crippen molar-refractivity contribution in [3.8, 4) is 5.75 Å². The van der Waals surface area contributed by atoms with Crippen molar-refractivity contribution < 1.29 is 40.3 Å². The van der Waals surface area contributed by atoms with Gasteiger partial charge in [-0.3, -0.25) is 14.4 Å². The maximum atomic E-state index is 14.0. The molecule has 6 nitrogen and oxygen atoms in total. The van der Waals surface area contributed by atoms with Crippen LogP contribution in [0.25, 0.3) is 0 Å². The number of hydrogen-bond donors (Lipinski definition) is 0. The molecular weight excluding hydrogens is 533 g/mol. The fourth-order valence-electron chi connectivity index (χ4n) is 4.66. The molecule has 0 saturated carbocycles. The third-order valence-corrected chi connectivity index (χ3v) is 6.51. The minimum absolute atomic E-state index is 0.00904. The molecule has 0 bridgehead atoms. The Morgan fingerprint density at radius 3 is 2.23 bits per heavy atom. The molecule has 1 aliphatic rings. The maximum Gasteiger partial charge on any atom is 0.416 e. The quantitative estimate of drug-likeness (QED) is 0.392. The second-order valence-electron chi connectivity index (χ2n) is 9.38. The summed E-state index contributed by atoms with van der Waals surface area (Å²) in [5.41, 5.74) is -2.35. The Bertz CT molecular complexity index is 1300. The van der Waals surface area contributed by atoms with Crippen molar-refractivity contribution in [2.24, 2.45) is 7.05 Å². The standard InChI is InChI=1S/C26H25F7N4O2/c1-35-13-17(12-34-35)14-36-5-6-37(21(15-36)7-16-3-4-22(27)23(8-16)39-2)24(38)18-9-19(25(28,29)30)11-20(10-18)26(31,32)33/h3-4,8-13,21H,5-7,14-15H2,1-2H3/t21-/m1/s1. The van der Waals surface area contributed by atoms with E-state index in [4.69, 9.17) is 4.74 Å². The van der Waals surface area contributed by atoms with E-state index in [2.05, 4.69) is 5.10 Å². The van der Waals surface area contributed by atoms with E-state index in [0.29, 0.717) is 30.8 Å². The van der Waals surface area contributed by atoms with Gasteiger partial charge in [0.2, 0.25) is 0 Å². The lowest BCUT2D eigenvalue weighted by Gasteiger charge is -2.41. The molecule has 39 heavy (non-hydrogen) atoms. The molecule has 13 heteroatoms. The first-order chi connectivity index (χ1) is 18.2. The van der Waals surface area contributed by atoms with Gasteiger partial charge in [-0.25, -0.2) is 4.39 Å². The van der Waals surface area contributed by atoms with Crippen LogP contribution in [-0.4, -0.2) is 58.3 Å². The highest BCUT2D eigenvalue weighted by Gasteiger charge is 2.39. The molecule has 1 aromatic heterocycles. The van der Waals surface area contributed by atoms with Gasteiger partial charge >= 0.3 is 12.4 Å². The fraction of sp³-hybridized carbons (Fsp3) is 0.385. The number of nitrogens with zero attached hydrogens (tertiary/aromatic N) is 4. The first-order valence-electron chi connectivity index (χ1n) is 11.9. The van der Waals surface area contributed by atoms with Crippen molar-refractivity contribution in [3.63, 3.8) is 0 Å². The molecule has 2 aromatic carbocycles. The number of piperazine rings is 1. The van der Waals surface area contributed by atoms with Crippen molar-refractivity contribution in [2.45, 2.75) is 31.4 Å². The number of ether oxygens (including phenoxy) is 1. The highest BCUT2D eigenvalue weighted by atomic mass is 19.4. The summed E-state index contributed by atoms with van der Waals surface area (Å²) in [6.07, 6.45) is -6.50. The van der Waals surface area contributed by atoms with E-state index in [1.54, 1.807) is 17.9 Å². The van der Waals surface area contributed by atoms with E-state index in [-0.39, 0.29) is 31.3 Å². The average Bonchev–Trinajstić information content (AvgIpc) is 3.28. The Morgan fingerprint density at radius 1 is 1.00 bits per heavy atom. The zero-order valence-electron chi connectivity index (χ0n) is 21.0. The Hall–Kier alpha value is -3.61. The number of amides is 1. The molecule has 1 amide bonds. The summed E-state index contributed by atoms with van der Waals surface area (Å²) in [5, 5.41) is 4.13. The van der Waals surface area contributed by atoms with E-state index in [0.717, 1.165) is 5.56 Å². The summed E-state index contributed by atoms with van der Waals surface area (Å²) in [7, 11) is 3.05. The van der Waals surface area contributed by atoms with Gasteiger partial charge in [-0.2, -0.15) is 31.4 Å².